The molecule has 0 amide bonds. The summed E-state index contributed by atoms with van der Waals surface area (Å²) in [6.07, 6.45) is 1.57. The van der Waals surface area contributed by atoms with Crippen molar-refractivity contribution in [2.45, 2.75) is 12.5 Å². The summed E-state index contributed by atoms with van der Waals surface area (Å²) in [7, 11) is 3.26. The Hall–Kier alpha value is -4.79. The summed E-state index contributed by atoms with van der Waals surface area (Å²) in [6, 6.07) is 20.3. The standard InChI is InChI=1S/C27H22N4O5/c1-33-18-6-3-16(4-7-18)24-21-12-5-17(32)13-22(21)36-27-25(24)26-29-23(30-31(26)15-28-27)14-35-20-10-8-19(34-2)9-11-20/h3-13,15,24,32H,14H2,1-2H3/t24-/m1/s1. The van der Waals surface area contributed by atoms with Gasteiger partial charge in [-0.05, 0) is 48.0 Å². The maximum atomic E-state index is 10.1. The Morgan fingerprint density at radius 1 is 0.917 bits per heavy atom. The molecule has 0 saturated heterocycles. The number of benzene rings is 3. The molecule has 0 bridgehead atoms. The van der Waals surface area contributed by atoms with Crippen LogP contribution in [0.5, 0.6) is 34.6 Å². The van der Waals surface area contributed by atoms with E-state index in [0.29, 0.717) is 28.9 Å². The van der Waals surface area contributed by atoms with E-state index in [0.717, 1.165) is 28.2 Å². The SMILES string of the molecule is COc1ccc(OCc2nc3c4c(ncn3n2)Oc2cc(O)ccc2[C@H]4c2ccc(OC)cc2)cc1. The first-order chi connectivity index (χ1) is 17.6. The molecule has 0 saturated carbocycles. The highest BCUT2D eigenvalue weighted by atomic mass is 16.5. The zero-order valence-corrected chi connectivity index (χ0v) is 19.6. The van der Waals surface area contributed by atoms with Gasteiger partial charge in [-0.2, -0.15) is 0 Å². The Morgan fingerprint density at radius 2 is 1.61 bits per heavy atom. The van der Waals surface area contributed by atoms with Crippen LogP contribution in [-0.2, 0) is 6.61 Å². The third-order valence-electron chi connectivity index (χ3n) is 6.11. The second-order valence-electron chi connectivity index (χ2n) is 8.25. The topological polar surface area (TPSA) is 100 Å². The minimum atomic E-state index is -0.244. The van der Waals surface area contributed by atoms with Crippen molar-refractivity contribution in [1.82, 2.24) is 19.6 Å². The van der Waals surface area contributed by atoms with Gasteiger partial charge >= 0.3 is 0 Å². The smallest absolute Gasteiger partial charge is 0.228 e. The van der Waals surface area contributed by atoms with E-state index in [2.05, 4.69) is 10.1 Å². The summed E-state index contributed by atoms with van der Waals surface area (Å²) >= 11 is 0. The fraction of sp³-hybridized carbons (Fsp3) is 0.148. The van der Waals surface area contributed by atoms with Crippen molar-refractivity contribution in [3.05, 3.63) is 95.6 Å². The molecule has 1 aliphatic heterocycles. The van der Waals surface area contributed by atoms with Crippen LogP contribution in [0.15, 0.2) is 73.1 Å². The average molecular weight is 482 g/mol. The maximum Gasteiger partial charge on any atom is 0.228 e. The predicted octanol–water partition coefficient (Wildman–Crippen LogP) is 4.71. The molecule has 1 atom stereocenters. The number of fused-ring (bicyclic) bond motifs is 4. The van der Waals surface area contributed by atoms with E-state index in [9.17, 15) is 5.11 Å². The average Bonchev–Trinajstić information content (AvgIpc) is 3.34. The minimum Gasteiger partial charge on any atom is -0.508 e. The van der Waals surface area contributed by atoms with E-state index in [-0.39, 0.29) is 18.3 Å². The summed E-state index contributed by atoms with van der Waals surface area (Å²) in [5.41, 5.74) is 3.29. The van der Waals surface area contributed by atoms with Gasteiger partial charge in [0.05, 0.1) is 19.8 Å². The van der Waals surface area contributed by atoms with E-state index in [1.54, 1.807) is 37.2 Å². The molecule has 3 heterocycles. The summed E-state index contributed by atoms with van der Waals surface area (Å²) in [5, 5.41) is 14.6. The molecular weight excluding hydrogens is 460 g/mol. The van der Waals surface area contributed by atoms with E-state index in [1.165, 1.54) is 0 Å². The van der Waals surface area contributed by atoms with Crippen molar-refractivity contribution in [1.29, 1.82) is 0 Å². The number of aromatic hydroxyl groups is 1. The van der Waals surface area contributed by atoms with E-state index in [1.807, 2.05) is 54.6 Å². The molecular formula is C27H22N4O5. The van der Waals surface area contributed by atoms with Crippen LogP contribution in [0.4, 0.5) is 0 Å². The molecule has 0 fully saturated rings. The highest BCUT2D eigenvalue weighted by Gasteiger charge is 2.33. The first-order valence-corrected chi connectivity index (χ1v) is 11.3. The van der Waals surface area contributed by atoms with Crippen molar-refractivity contribution >= 4 is 5.65 Å². The fourth-order valence-corrected chi connectivity index (χ4v) is 4.37. The van der Waals surface area contributed by atoms with Gasteiger partial charge in [0.25, 0.3) is 0 Å². The van der Waals surface area contributed by atoms with Crippen LogP contribution in [-0.4, -0.2) is 38.9 Å². The number of methoxy groups -OCH3 is 2. The molecule has 1 aliphatic rings. The molecule has 0 unspecified atom stereocenters. The van der Waals surface area contributed by atoms with Gasteiger partial charge in [0.1, 0.15) is 41.7 Å². The first kappa shape index (κ1) is 21.7. The molecule has 5 aromatic rings. The normalized spacial score (nSPS) is 14.0. The summed E-state index contributed by atoms with van der Waals surface area (Å²) in [5.74, 6) is 3.53. The van der Waals surface area contributed by atoms with Crippen molar-refractivity contribution < 1.29 is 24.1 Å². The van der Waals surface area contributed by atoms with Crippen LogP contribution >= 0.6 is 0 Å². The summed E-state index contributed by atoms with van der Waals surface area (Å²) in [4.78, 5) is 9.30. The molecule has 3 aromatic carbocycles. The number of hydrogen-bond donors (Lipinski definition) is 1. The molecule has 2 aromatic heterocycles. The van der Waals surface area contributed by atoms with Gasteiger partial charge in [-0.1, -0.05) is 18.2 Å². The molecule has 9 heteroatoms. The Balaban J connectivity index is 1.41. The highest BCUT2D eigenvalue weighted by Crippen LogP contribution is 2.48. The second-order valence-corrected chi connectivity index (χ2v) is 8.25. The molecule has 36 heavy (non-hydrogen) atoms. The molecule has 0 radical (unpaired) electrons. The van der Waals surface area contributed by atoms with Crippen LogP contribution in [0, 0.1) is 0 Å². The monoisotopic (exact) mass is 482 g/mol. The van der Waals surface area contributed by atoms with E-state index < -0.39 is 0 Å². The number of phenols is 1. The van der Waals surface area contributed by atoms with Crippen LogP contribution in [0.3, 0.4) is 0 Å². The first-order valence-electron chi connectivity index (χ1n) is 11.3. The van der Waals surface area contributed by atoms with Gasteiger partial charge in [-0.15, -0.1) is 5.10 Å². The number of rotatable bonds is 6. The Morgan fingerprint density at radius 3 is 2.33 bits per heavy atom. The van der Waals surface area contributed by atoms with Gasteiger partial charge in [0, 0.05) is 17.5 Å². The molecule has 9 nitrogen and oxygen atoms in total. The number of phenolic OH excluding ortho intramolecular Hbond substituents is 1. The number of aromatic nitrogens is 4. The van der Waals surface area contributed by atoms with Crippen LogP contribution in [0.1, 0.15) is 28.4 Å². The second kappa shape index (κ2) is 8.77. The number of hydrogen-bond acceptors (Lipinski definition) is 8. The predicted molar refractivity (Wildman–Crippen MR) is 130 cm³/mol. The van der Waals surface area contributed by atoms with Gasteiger partial charge in [-0.3, -0.25) is 0 Å². The van der Waals surface area contributed by atoms with E-state index >= 15 is 0 Å². The Kier molecular flexibility index (Phi) is 5.29. The maximum absolute atomic E-state index is 10.1. The van der Waals surface area contributed by atoms with Crippen molar-refractivity contribution in [2.24, 2.45) is 0 Å². The van der Waals surface area contributed by atoms with Gasteiger partial charge in [0.15, 0.2) is 11.5 Å². The van der Waals surface area contributed by atoms with Crippen molar-refractivity contribution in [2.75, 3.05) is 14.2 Å². The van der Waals surface area contributed by atoms with Crippen molar-refractivity contribution in [3.8, 4) is 34.6 Å². The minimum absolute atomic E-state index is 0.118. The van der Waals surface area contributed by atoms with Gasteiger partial charge < -0.3 is 24.1 Å². The zero-order chi connectivity index (χ0) is 24.6. The summed E-state index contributed by atoms with van der Waals surface area (Å²) in [6.45, 7) is 0.182. The third-order valence-corrected chi connectivity index (χ3v) is 6.11. The lowest BCUT2D eigenvalue weighted by Crippen LogP contribution is -2.15. The lowest BCUT2D eigenvalue weighted by Gasteiger charge is -2.28. The quantitative estimate of drug-likeness (QED) is 0.364. The van der Waals surface area contributed by atoms with Gasteiger partial charge in [-0.25, -0.2) is 14.5 Å². The molecule has 0 aliphatic carbocycles. The Bertz CT molecular complexity index is 1550. The molecule has 1 N–H and O–H groups in total. The van der Waals surface area contributed by atoms with Crippen LogP contribution in [0.25, 0.3) is 5.65 Å². The lowest BCUT2D eigenvalue weighted by molar-refractivity contribution is 0.295. The van der Waals surface area contributed by atoms with E-state index in [4.69, 9.17) is 23.9 Å². The number of ether oxygens (including phenoxy) is 4. The molecule has 180 valence electrons. The zero-order valence-electron chi connectivity index (χ0n) is 19.6. The summed E-state index contributed by atoms with van der Waals surface area (Å²) < 4.78 is 24.2. The highest BCUT2D eigenvalue weighted by molar-refractivity contribution is 5.66. The van der Waals surface area contributed by atoms with Crippen LogP contribution < -0.4 is 18.9 Å². The number of nitrogens with zero attached hydrogens (tertiary/aromatic N) is 4. The molecule has 0 spiro atoms. The fourth-order valence-electron chi connectivity index (χ4n) is 4.37. The molecule has 6 rings (SSSR count). The lowest BCUT2D eigenvalue weighted by atomic mass is 9.84. The van der Waals surface area contributed by atoms with Gasteiger partial charge in [0.2, 0.25) is 5.88 Å². The van der Waals surface area contributed by atoms with Crippen LogP contribution in [0.2, 0.25) is 0 Å². The largest absolute Gasteiger partial charge is 0.508 e. The third kappa shape index (κ3) is 3.80. The van der Waals surface area contributed by atoms with Crippen molar-refractivity contribution in [3.63, 3.8) is 0 Å². The Labute approximate surface area is 206 Å².